The van der Waals surface area contributed by atoms with Gasteiger partial charge in [-0.05, 0) is 13.0 Å². The van der Waals surface area contributed by atoms with E-state index in [0.29, 0.717) is 19.5 Å². The number of hydrogen-bond donors (Lipinski definition) is 2. The Hall–Kier alpha value is -0.150. The first-order valence-corrected chi connectivity index (χ1v) is 2.79. The summed E-state index contributed by atoms with van der Waals surface area (Å²) in [6, 6.07) is 0. The number of nitrogens with one attached hydrogen (secondary N) is 1. The third-order valence-corrected chi connectivity index (χ3v) is 0.783. The zero-order chi connectivity index (χ0) is 6.24. The summed E-state index contributed by atoms with van der Waals surface area (Å²) in [4.78, 5) is 0. The molecule has 0 saturated carbocycles. The zero-order valence-corrected chi connectivity index (χ0v) is 4.86. The Kier molecular flexibility index (Phi) is 6.72. The fourth-order valence-electron chi connectivity index (χ4n) is 0.396. The number of alkyl halides is 1. The van der Waals surface area contributed by atoms with Gasteiger partial charge in [0.2, 0.25) is 0 Å². The first-order chi connectivity index (χ1) is 3.91. The van der Waals surface area contributed by atoms with Gasteiger partial charge in [-0.25, -0.2) is 4.39 Å². The maximum Gasteiger partial charge on any atom is 0.102 e. The van der Waals surface area contributed by atoms with Crippen LogP contribution < -0.4 is 5.32 Å². The van der Waals surface area contributed by atoms with E-state index in [0.717, 1.165) is 0 Å². The lowest BCUT2D eigenvalue weighted by Crippen LogP contribution is -2.18. The molecular formula is C5H12FNO. The number of aliphatic hydroxyl groups excluding tert-OH is 1. The van der Waals surface area contributed by atoms with E-state index in [9.17, 15) is 4.39 Å². The lowest BCUT2D eigenvalue weighted by molar-refractivity contribution is 0.285. The summed E-state index contributed by atoms with van der Waals surface area (Å²) < 4.78 is 11.3. The molecular weight excluding hydrogens is 109 g/mol. The van der Waals surface area contributed by atoms with Crippen LogP contribution in [0.15, 0.2) is 0 Å². The topological polar surface area (TPSA) is 32.3 Å². The van der Waals surface area contributed by atoms with E-state index < -0.39 is 0 Å². The first kappa shape index (κ1) is 7.85. The second kappa shape index (κ2) is 6.85. The molecule has 0 heterocycles. The molecule has 0 rings (SSSR count). The molecule has 0 aliphatic carbocycles. The standard InChI is InChI=1S/C5H12FNO/c6-2-4-7-3-1-5-8/h7-8H,1-5H2. The summed E-state index contributed by atoms with van der Waals surface area (Å²) in [5, 5.41) is 11.0. The van der Waals surface area contributed by atoms with Gasteiger partial charge in [-0.1, -0.05) is 0 Å². The molecule has 8 heavy (non-hydrogen) atoms. The second-order valence-corrected chi connectivity index (χ2v) is 1.52. The highest BCUT2D eigenvalue weighted by Crippen LogP contribution is 1.70. The van der Waals surface area contributed by atoms with Gasteiger partial charge in [0, 0.05) is 13.2 Å². The molecule has 0 aromatic rings. The van der Waals surface area contributed by atoms with Gasteiger partial charge in [-0.2, -0.15) is 0 Å². The molecule has 0 aromatic carbocycles. The predicted molar refractivity (Wildman–Crippen MR) is 30.5 cm³/mol. The molecule has 0 amide bonds. The van der Waals surface area contributed by atoms with E-state index in [1.54, 1.807) is 0 Å². The van der Waals surface area contributed by atoms with E-state index in [1.165, 1.54) is 0 Å². The van der Waals surface area contributed by atoms with Crippen LogP contribution in [0.4, 0.5) is 4.39 Å². The molecule has 50 valence electrons. The van der Waals surface area contributed by atoms with Crippen molar-refractivity contribution in [2.45, 2.75) is 6.42 Å². The molecule has 0 unspecified atom stereocenters. The number of hydrogen-bond acceptors (Lipinski definition) is 2. The molecule has 0 aromatic heterocycles. The van der Waals surface area contributed by atoms with Crippen LogP contribution in [-0.4, -0.2) is 31.5 Å². The Morgan fingerprint density at radius 1 is 1.38 bits per heavy atom. The molecule has 0 fully saturated rings. The van der Waals surface area contributed by atoms with Crippen molar-refractivity contribution in [2.24, 2.45) is 0 Å². The van der Waals surface area contributed by atoms with Gasteiger partial charge >= 0.3 is 0 Å². The van der Waals surface area contributed by atoms with Crippen molar-refractivity contribution in [2.75, 3.05) is 26.4 Å². The number of aliphatic hydroxyl groups is 1. The molecule has 0 aliphatic heterocycles. The molecule has 2 nitrogen and oxygen atoms in total. The lowest BCUT2D eigenvalue weighted by atomic mass is 10.4. The van der Waals surface area contributed by atoms with Crippen LogP contribution in [0.2, 0.25) is 0 Å². The number of rotatable bonds is 5. The molecule has 0 saturated heterocycles. The highest BCUT2D eigenvalue weighted by molar-refractivity contribution is 4.43. The van der Waals surface area contributed by atoms with Crippen molar-refractivity contribution in [3.8, 4) is 0 Å². The summed E-state index contributed by atoms with van der Waals surface area (Å²) in [6.45, 7) is 0.963. The van der Waals surface area contributed by atoms with Crippen molar-refractivity contribution in [3.63, 3.8) is 0 Å². The van der Waals surface area contributed by atoms with E-state index >= 15 is 0 Å². The Labute approximate surface area is 48.7 Å². The zero-order valence-electron chi connectivity index (χ0n) is 4.86. The van der Waals surface area contributed by atoms with E-state index in [2.05, 4.69) is 5.32 Å². The third kappa shape index (κ3) is 5.85. The van der Waals surface area contributed by atoms with E-state index in [-0.39, 0.29) is 13.3 Å². The van der Waals surface area contributed by atoms with Crippen molar-refractivity contribution in [1.82, 2.24) is 5.32 Å². The Balaban J connectivity index is 2.53. The molecule has 0 atom stereocenters. The second-order valence-electron chi connectivity index (χ2n) is 1.52. The number of halogens is 1. The smallest absolute Gasteiger partial charge is 0.102 e. The van der Waals surface area contributed by atoms with E-state index in [1.807, 2.05) is 0 Å². The third-order valence-electron chi connectivity index (χ3n) is 0.783. The van der Waals surface area contributed by atoms with Crippen LogP contribution in [0.5, 0.6) is 0 Å². The van der Waals surface area contributed by atoms with Crippen molar-refractivity contribution < 1.29 is 9.50 Å². The summed E-state index contributed by atoms with van der Waals surface area (Å²) in [7, 11) is 0. The highest BCUT2D eigenvalue weighted by Gasteiger charge is 1.82. The minimum atomic E-state index is -0.328. The minimum Gasteiger partial charge on any atom is -0.396 e. The summed E-state index contributed by atoms with van der Waals surface area (Å²) in [5.41, 5.74) is 0. The van der Waals surface area contributed by atoms with Crippen LogP contribution in [0.3, 0.4) is 0 Å². The molecule has 0 aliphatic rings. The average molecular weight is 121 g/mol. The molecule has 0 radical (unpaired) electrons. The van der Waals surface area contributed by atoms with Crippen LogP contribution in [0.1, 0.15) is 6.42 Å². The maximum absolute atomic E-state index is 11.3. The maximum atomic E-state index is 11.3. The molecule has 3 heteroatoms. The van der Waals surface area contributed by atoms with Gasteiger partial charge in [0.15, 0.2) is 0 Å². The Morgan fingerprint density at radius 2 is 2.12 bits per heavy atom. The van der Waals surface area contributed by atoms with Crippen molar-refractivity contribution in [1.29, 1.82) is 0 Å². The Bertz CT molecular complexity index is 37.4. The fourth-order valence-corrected chi connectivity index (χ4v) is 0.396. The van der Waals surface area contributed by atoms with Crippen LogP contribution in [0, 0.1) is 0 Å². The first-order valence-electron chi connectivity index (χ1n) is 2.79. The molecule has 0 bridgehead atoms. The van der Waals surface area contributed by atoms with Crippen molar-refractivity contribution >= 4 is 0 Å². The fraction of sp³-hybridized carbons (Fsp3) is 1.00. The van der Waals surface area contributed by atoms with E-state index in [4.69, 9.17) is 5.11 Å². The van der Waals surface area contributed by atoms with Crippen LogP contribution in [0.25, 0.3) is 0 Å². The normalized spacial score (nSPS) is 9.75. The average Bonchev–Trinajstić information content (AvgIpc) is 1.81. The monoisotopic (exact) mass is 121 g/mol. The summed E-state index contributed by atoms with van der Waals surface area (Å²) in [5.74, 6) is 0. The molecule has 2 N–H and O–H groups in total. The minimum absolute atomic E-state index is 0.180. The van der Waals surface area contributed by atoms with Gasteiger partial charge in [-0.15, -0.1) is 0 Å². The van der Waals surface area contributed by atoms with Gasteiger partial charge in [0.25, 0.3) is 0 Å². The Morgan fingerprint density at radius 3 is 2.62 bits per heavy atom. The van der Waals surface area contributed by atoms with Gasteiger partial charge in [0.1, 0.15) is 6.67 Å². The lowest BCUT2D eigenvalue weighted by Gasteiger charge is -1.96. The summed E-state index contributed by atoms with van der Waals surface area (Å²) >= 11 is 0. The van der Waals surface area contributed by atoms with Gasteiger partial charge in [-0.3, -0.25) is 0 Å². The molecule has 0 spiro atoms. The highest BCUT2D eigenvalue weighted by atomic mass is 19.1. The quantitative estimate of drug-likeness (QED) is 0.499. The van der Waals surface area contributed by atoms with Crippen molar-refractivity contribution in [3.05, 3.63) is 0 Å². The SMILES string of the molecule is OCCCNCCF. The largest absolute Gasteiger partial charge is 0.396 e. The summed E-state index contributed by atoms with van der Waals surface area (Å²) in [6.07, 6.45) is 0.708. The van der Waals surface area contributed by atoms with Gasteiger partial charge < -0.3 is 10.4 Å². The predicted octanol–water partition coefficient (Wildman–Crippen LogP) is -0.0721. The van der Waals surface area contributed by atoms with Crippen LogP contribution in [-0.2, 0) is 0 Å². The van der Waals surface area contributed by atoms with Crippen LogP contribution >= 0.6 is 0 Å². The van der Waals surface area contributed by atoms with Gasteiger partial charge in [0.05, 0.1) is 0 Å².